The van der Waals surface area contributed by atoms with Gasteiger partial charge in [0, 0.05) is 12.0 Å². The van der Waals surface area contributed by atoms with E-state index in [1.165, 1.54) is 7.11 Å². The minimum atomic E-state index is -1.01. The van der Waals surface area contributed by atoms with Gasteiger partial charge in [-0.1, -0.05) is 12.1 Å². The maximum Gasteiger partial charge on any atom is 0.323 e. The summed E-state index contributed by atoms with van der Waals surface area (Å²) in [7, 11) is 1.20. The van der Waals surface area contributed by atoms with Gasteiger partial charge in [0.1, 0.15) is 6.04 Å². The average Bonchev–Trinajstić information content (AvgIpc) is 2.38. The highest BCUT2D eigenvalue weighted by Crippen LogP contribution is 2.16. The quantitative estimate of drug-likeness (QED) is 0.430. The van der Waals surface area contributed by atoms with Crippen LogP contribution in [0.5, 0.6) is 0 Å². The number of esters is 1. The Morgan fingerprint density at radius 2 is 2.11 bits per heavy atom. The minimum absolute atomic E-state index is 0.176. The van der Waals surface area contributed by atoms with Crippen molar-refractivity contribution in [3.8, 4) is 0 Å². The van der Waals surface area contributed by atoms with Crippen LogP contribution in [0.25, 0.3) is 0 Å². The van der Waals surface area contributed by atoms with Gasteiger partial charge in [-0.2, -0.15) is 0 Å². The third-order valence-corrected chi connectivity index (χ3v) is 2.35. The van der Waals surface area contributed by atoms with Crippen molar-refractivity contribution in [1.82, 2.24) is 0 Å². The van der Waals surface area contributed by atoms with E-state index in [-0.39, 0.29) is 12.2 Å². The molecule has 0 bridgehead atoms. The highest BCUT2D eigenvalue weighted by Gasteiger charge is 2.20. The molecule has 0 aromatic heterocycles. The molecule has 1 aromatic carbocycles. The molecule has 96 valence electrons. The normalized spacial score (nSPS) is 11.4. The Bertz CT molecular complexity index is 459. The first kappa shape index (κ1) is 13.9. The van der Waals surface area contributed by atoms with Crippen molar-refractivity contribution in [1.29, 1.82) is 0 Å². The van der Waals surface area contributed by atoms with E-state index >= 15 is 0 Å². The molecule has 6 nitrogen and oxygen atoms in total. The summed E-state index contributed by atoms with van der Waals surface area (Å²) in [5.74, 6) is -0.984. The molecule has 1 unspecified atom stereocenters. The number of nitrogens with two attached hydrogens (primary N) is 1. The third kappa shape index (κ3) is 3.39. The third-order valence-electron chi connectivity index (χ3n) is 2.35. The number of Topliss-reactive ketones (excluding diaryl/α,β-unsaturated/α-hetero) is 1. The predicted molar refractivity (Wildman–Crippen MR) is 65.1 cm³/mol. The first-order valence-electron chi connectivity index (χ1n) is 5.26. The molecular formula is C12H14N2O4. The molecule has 1 rings (SSSR count). The van der Waals surface area contributed by atoms with Crippen LogP contribution in [0, 0.1) is 0 Å². The molecule has 0 fully saturated rings. The molecule has 0 heterocycles. The molecule has 0 saturated heterocycles. The second-order valence-electron chi connectivity index (χ2n) is 3.56. The predicted octanol–water partition coefficient (Wildman–Crippen LogP) is 0.328. The number of carbonyl (C=O) groups excluding carboxylic acids is 3. The fourth-order valence-corrected chi connectivity index (χ4v) is 1.46. The average molecular weight is 250 g/mol. The van der Waals surface area contributed by atoms with Crippen molar-refractivity contribution in [3.05, 3.63) is 29.8 Å². The van der Waals surface area contributed by atoms with E-state index in [0.717, 1.165) is 0 Å². The lowest BCUT2D eigenvalue weighted by Gasteiger charge is -2.10. The fourth-order valence-electron chi connectivity index (χ4n) is 1.46. The number of amides is 1. The smallest absolute Gasteiger partial charge is 0.323 e. The van der Waals surface area contributed by atoms with E-state index in [1.807, 2.05) is 0 Å². The van der Waals surface area contributed by atoms with E-state index in [9.17, 15) is 14.4 Å². The molecule has 6 heteroatoms. The summed E-state index contributed by atoms with van der Waals surface area (Å²) in [4.78, 5) is 33.5. The van der Waals surface area contributed by atoms with E-state index < -0.39 is 12.0 Å². The van der Waals surface area contributed by atoms with Gasteiger partial charge in [0.15, 0.2) is 5.78 Å². The number of anilines is 1. The van der Waals surface area contributed by atoms with Gasteiger partial charge in [0.05, 0.1) is 12.8 Å². The minimum Gasteiger partial charge on any atom is -0.468 e. The molecule has 0 aliphatic rings. The standard InChI is InChI=1S/C12H14N2O4/c1-18-12(17)9(13)6-11(16)8-4-2-3-5-10(8)14-7-15/h2-5,7,9H,6,13H2,1H3,(H,14,15). The van der Waals surface area contributed by atoms with Gasteiger partial charge >= 0.3 is 5.97 Å². The molecule has 3 N–H and O–H groups in total. The second-order valence-corrected chi connectivity index (χ2v) is 3.56. The van der Waals surface area contributed by atoms with Crippen molar-refractivity contribution in [3.63, 3.8) is 0 Å². The van der Waals surface area contributed by atoms with E-state index in [1.54, 1.807) is 24.3 Å². The van der Waals surface area contributed by atoms with Gasteiger partial charge in [-0.25, -0.2) is 0 Å². The van der Waals surface area contributed by atoms with Crippen molar-refractivity contribution < 1.29 is 19.1 Å². The molecule has 1 aromatic rings. The van der Waals surface area contributed by atoms with Crippen LogP contribution < -0.4 is 11.1 Å². The summed E-state index contributed by atoms with van der Waals surface area (Å²) in [6, 6.07) is 5.48. The van der Waals surface area contributed by atoms with Crippen LogP contribution in [0.2, 0.25) is 0 Å². The molecule has 18 heavy (non-hydrogen) atoms. The van der Waals surface area contributed by atoms with Crippen LogP contribution in [-0.4, -0.2) is 31.3 Å². The lowest BCUT2D eigenvalue weighted by molar-refractivity contribution is -0.142. The van der Waals surface area contributed by atoms with E-state index in [4.69, 9.17) is 5.73 Å². The summed E-state index contributed by atoms with van der Waals surface area (Å²) < 4.78 is 4.44. The zero-order valence-corrected chi connectivity index (χ0v) is 9.88. The lowest BCUT2D eigenvalue weighted by Crippen LogP contribution is -2.34. The number of ether oxygens (including phenoxy) is 1. The van der Waals surface area contributed by atoms with Crippen molar-refractivity contribution in [2.75, 3.05) is 12.4 Å². The Kier molecular flexibility index (Phi) is 5.01. The van der Waals surface area contributed by atoms with Crippen LogP contribution in [-0.2, 0) is 14.3 Å². The van der Waals surface area contributed by atoms with Crippen LogP contribution >= 0.6 is 0 Å². The number of carbonyl (C=O) groups is 3. The highest BCUT2D eigenvalue weighted by molar-refractivity contribution is 6.04. The van der Waals surface area contributed by atoms with Crippen LogP contribution in [0.1, 0.15) is 16.8 Å². The molecular weight excluding hydrogens is 236 g/mol. The number of methoxy groups -OCH3 is 1. The van der Waals surface area contributed by atoms with Crippen molar-refractivity contribution >= 4 is 23.9 Å². The Balaban J connectivity index is 2.84. The van der Waals surface area contributed by atoms with Crippen LogP contribution in [0.15, 0.2) is 24.3 Å². The van der Waals surface area contributed by atoms with Gasteiger partial charge in [0.25, 0.3) is 0 Å². The van der Waals surface area contributed by atoms with Gasteiger partial charge in [-0.3, -0.25) is 14.4 Å². The number of nitrogens with one attached hydrogen (secondary N) is 1. The number of hydrogen-bond acceptors (Lipinski definition) is 5. The zero-order valence-electron chi connectivity index (χ0n) is 9.88. The molecule has 0 aliphatic heterocycles. The monoisotopic (exact) mass is 250 g/mol. The molecule has 1 amide bonds. The Morgan fingerprint density at radius 1 is 1.44 bits per heavy atom. The van der Waals surface area contributed by atoms with Gasteiger partial charge in [-0.15, -0.1) is 0 Å². The fraction of sp³-hybridized carbons (Fsp3) is 0.250. The van der Waals surface area contributed by atoms with Crippen molar-refractivity contribution in [2.24, 2.45) is 5.73 Å². The summed E-state index contributed by atoms with van der Waals surface area (Å²) >= 11 is 0. The lowest BCUT2D eigenvalue weighted by atomic mass is 10.0. The Morgan fingerprint density at radius 3 is 2.72 bits per heavy atom. The van der Waals surface area contributed by atoms with E-state index in [0.29, 0.717) is 17.7 Å². The number of benzene rings is 1. The van der Waals surface area contributed by atoms with Crippen molar-refractivity contribution in [2.45, 2.75) is 12.5 Å². The number of rotatable bonds is 6. The van der Waals surface area contributed by atoms with Crippen LogP contribution in [0.3, 0.4) is 0 Å². The number of ketones is 1. The number of para-hydroxylation sites is 1. The topological polar surface area (TPSA) is 98.5 Å². The zero-order chi connectivity index (χ0) is 13.5. The van der Waals surface area contributed by atoms with Gasteiger partial charge in [0.2, 0.25) is 6.41 Å². The Labute approximate surface area is 104 Å². The second kappa shape index (κ2) is 6.51. The molecule has 0 spiro atoms. The van der Waals surface area contributed by atoms with Gasteiger partial charge in [-0.05, 0) is 12.1 Å². The molecule has 1 atom stereocenters. The number of hydrogen-bond donors (Lipinski definition) is 2. The molecule has 0 aliphatic carbocycles. The first-order chi connectivity index (χ1) is 8.60. The molecule has 0 radical (unpaired) electrons. The van der Waals surface area contributed by atoms with Crippen LogP contribution in [0.4, 0.5) is 5.69 Å². The summed E-state index contributed by atoms with van der Waals surface area (Å²) in [5, 5.41) is 2.42. The maximum absolute atomic E-state index is 11.9. The summed E-state index contributed by atoms with van der Waals surface area (Å²) in [6.07, 6.45) is 0.302. The highest BCUT2D eigenvalue weighted by atomic mass is 16.5. The van der Waals surface area contributed by atoms with E-state index in [2.05, 4.69) is 10.1 Å². The summed E-state index contributed by atoms with van der Waals surface area (Å²) in [5.41, 5.74) is 6.20. The Hall–Kier alpha value is -2.21. The molecule has 0 saturated carbocycles. The largest absolute Gasteiger partial charge is 0.468 e. The first-order valence-corrected chi connectivity index (χ1v) is 5.26. The maximum atomic E-state index is 11.9. The SMILES string of the molecule is COC(=O)C(N)CC(=O)c1ccccc1NC=O. The van der Waals surface area contributed by atoms with Gasteiger partial charge < -0.3 is 15.8 Å². The summed E-state index contributed by atoms with van der Waals surface area (Å²) in [6.45, 7) is 0.